The Balaban J connectivity index is 6.23. The fraction of sp³-hybridized carbons (Fsp3) is 0.791. The van der Waals surface area contributed by atoms with Crippen LogP contribution in [-0.4, -0.2) is 172 Å². The summed E-state index contributed by atoms with van der Waals surface area (Å²) >= 11 is 0. The first kappa shape index (κ1) is 88.4. The molecule has 29 nitrogen and oxygen atoms in total. The highest BCUT2D eigenvalue weighted by Gasteiger charge is 2.43. The Hall–Kier alpha value is -7.62. The molecule has 0 radical (unpaired) electrons. The van der Waals surface area contributed by atoms with Gasteiger partial charge in [0.2, 0.25) is 70.9 Å². The largest absolute Gasteiger partial charge is 0.467 e. The molecule has 0 heterocycles. The van der Waals surface area contributed by atoms with Gasteiger partial charge in [0, 0.05) is 0 Å². The number of alkyl carbamates (subject to hydrolysis) is 1. The van der Waals surface area contributed by atoms with E-state index in [0.717, 1.165) is 0 Å². The van der Waals surface area contributed by atoms with Crippen LogP contribution in [0.15, 0.2) is 0 Å². The second-order valence-corrected chi connectivity index (χ2v) is 30.9. The summed E-state index contributed by atoms with van der Waals surface area (Å²) in [6.07, 6.45) is -0.288. The minimum absolute atomic E-state index is 0.0358. The van der Waals surface area contributed by atoms with E-state index in [4.69, 9.17) is 9.47 Å². The Bertz CT molecular complexity index is 2730. The summed E-state index contributed by atoms with van der Waals surface area (Å²) in [5, 5.41) is 34.4. The van der Waals surface area contributed by atoms with Gasteiger partial charge in [-0.25, -0.2) is 9.59 Å². The predicted octanol–water partition coefficient (Wildman–Crippen LogP) is 2.70. The molecular formula is C67H121N13O16. The molecule has 0 saturated heterocycles. The lowest BCUT2D eigenvalue weighted by Gasteiger charge is -2.33. The first-order valence-corrected chi connectivity index (χ1v) is 33.3. The number of carbonyl (C=O) groups excluding carboxylic acids is 14. The van der Waals surface area contributed by atoms with Crippen molar-refractivity contribution >= 4 is 82.9 Å². The molecule has 9 atom stereocenters. The topological polar surface area (TPSA) is 414 Å². The number of hydrogen-bond acceptors (Lipinski definition) is 16. The Morgan fingerprint density at radius 2 is 0.531 bits per heavy atom. The summed E-state index contributed by atoms with van der Waals surface area (Å²) in [6.45, 7) is 43.7. The number of hydrogen-bond donors (Lipinski definition) is 13. The molecule has 0 aromatic rings. The van der Waals surface area contributed by atoms with Crippen molar-refractivity contribution in [3.8, 4) is 0 Å². The average molecular weight is 1360 g/mol. The number of carbonyl (C=O) groups is 14. The van der Waals surface area contributed by atoms with E-state index >= 15 is 0 Å². The minimum atomic E-state index is -1.72. The van der Waals surface area contributed by atoms with Gasteiger partial charge in [-0.05, 0) is 157 Å². The number of rotatable bonds is 37. The highest BCUT2D eigenvalue weighted by molar-refractivity contribution is 6.01. The van der Waals surface area contributed by atoms with E-state index in [2.05, 4.69) is 69.1 Å². The van der Waals surface area contributed by atoms with Crippen LogP contribution in [0.5, 0.6) is 0 Å². The highest BCUT2D eigenvalue weighted by atomic mass is 16.6. The van der Waals surface area contributed by atoms with Crippen molar-refractivity contribution in [3.05, 3.63) is 0 Å². The van der Waals surface area contributed by atoms with Gasteiger partial charge in [-0.1, -0.05) is 96.9 Å². The van der Waals surface area contributed by atoms with E-state index in [9.17, 15) is 67.1 Å². The zero-order valence-electron chi connectivity index (χ0n) is 62.6. The van der Waals surface area contributed by atoms with Crippen molar-refractivity contribution in [3.63, 3.8) is 0 Å². The molecule has 13 amide bonds. The van der Waals surface area contributed by atoms with Crippen molar-refractivity contribution in [2.75, 3.05) is 7.11 Å². The van der Waals surface area contributed by atoms with Crippen LogP contribution >= 0.6 is 0 Å². The van der Waals surface area contributed by atoms with Gasteiger partial charge in [-0.15, -0.1) is 0 Å². The standard InChI is InChI=1S/C67H121N13O16/c1-33(2)29-42(51(83)77-64(20,21)58(90)72-44(31-35(5)6)53(85)79-67(26,27)61(93)76-48(39(13)14)57(89)95-28)70-49(81)40(15)68-55(87)46(37(9)10)74-59(91)65(22,23)78-52(84)43(30-34(3)4)71-50(82)41(16)69-56(88)47(38(11)12)75-60(92)66(24,25)80-54(86)45(32-36(7)8)73-62(94)96-63(17,18)19/h33-48H,29-32H2,1-28H3,(H,68,87)(H,69,88)(H,70,81)(H,71,82)(H,72,90)(H,73,94)(H,74,91)(H,75,92)(H,76,93)(H,77,83)(H,78,84)(H,79,85)(H,80,86)/t40-,41+,42-,43+,44+,45+,46+,47+,48+/m1/s1. The van der Waals surface area contributed by atoms with Crippen LogP contribution in [0.4, 0.5) is 4.79 Å². The molecule has 0 unspecified atom stereocenters. The highest BCUT2D eigenvalue weighted by Crippen LogP contribution is 2.18. The normalized spacial score (nSPS) is 15.1. The van der Waals surface area contributed by atoms with E-state index in [1.165, 1.54) is 76.3 Å². The Morgan fingerprint density at radius 1 is 0.292 bits per heavy atom. The molecule has 29 heteroatoms. The van der Waals surface area contributed by atoms with Gasteiger partial charge < -0.3 is 78.6 Å². The quantitative estimate of drug-likeness (QED) is 0.0398. The smallest absolute Gasteiger partial charge is 0.408 e. The lowest BCUT2D eigenvalue weighted by Crippen LogP contribution is -2.65. The lowest BCUT2D eigenvalue weighted by atomic mass is 9.96. The maximum Gasteiger partial charge on any atom is 0.408 e. The Kier molecular flexibility index (Phi) is 34.8. The van der Waals surface area contributed by atoms with Crippen LogP contribution in [0, 0.1) is 41.4 Å². The van der Waals surface area contributed by atoms with Crippen LogP contribution in [0.2, 0.25) is 0 Å². The molecule has 0 spiro atoms. The zero-order valence-corrected chi connectivity index (χ0v) is 62.6. The molecule has 0 saturated carbocycles. The monoisotopic (exact) mass is 1360 g/mol. The first-order chi connectivity index (χ1) is 43.5. The molecular weight excluding hydrogens is 1240 g/mol. The summed E-state index contributed by atoms with van der Waals surface area (Å²) in [6, 6.07) is -10.8. The van der Waals surface area contributed by atoms with Gasteiger partial charge in [0.05, 0.1) is 7.11 Å². The van der Waals surface area contributed by atoms with Gasteiger partial charge in [-0.3, -0.25) is 57.5 Å². The second-order valence-electron chi connectivity index (χ2n) is 30.9. The number of nitrogens with one attached hydrogen (secondary N) is 13. The fourth-order valence-electron chi connectivity index (χ4n) is 9.40. The maximum atomic E-state index is 14.1. The first-order valence-electron chi connectivity index (χ1n) is 33.3. The van der Waals surface area contributed by atoms with E-state index in [-0.39, 0.29) is 55.3 Å². The van der Waals surface area contributed by atoms with Crippen molar-refractivity contribution in [1.82, 2.24) is 69.1 Å². The third kappa shape index (κ3) is 30.6. The number of esters is 1. The van der Waals surface area contributed by atoms with Crippen LogP contribution in [0.1, 0.15) is 213 Å². The van der Waals surface area contributed by atoms with Crippen LogP contribution < -0.4 is 69.1 Å². The van der Waals surface area contributed by atoms with Crippen molar-refractivity contribution < 1.29 is 76.6 Å². The SMILES string of the molecule is COC(=O)[C@@H](NC(=O)C(C)(C)NC(=O)[C@H](CC(C)C)NC(=O)C(C)(C)NC(=O)[C@@H](CC(C)C)NC(=O)[C@@H](C)NC(=O)[C@@H](NC(=O)C(C)(C)NC(=O)[C@H](CC(C)C)NC(=O)[C@H](C)NC(=O)[C@@H](NC(=O)C(C)(C)NC(=O)[C@H](CC(C)C)NC(=O)OC(C)(C)C)C(C)C)C(C)C)C(C)C. The van der Waals surface area contributed by atoms with Crippen molar-refractivity contribution in [2.45, 2.75) is 295 Å². The number of ether oxygens (including phenoxy) is 2. The van der Waals surface area contributed by atoms with Gasteiger partial charge in [0.15, 0.2) is 0 Å². The summed E-state index contributed by atoms with van der Waals surface area (Å²) in [7, 11) is 1.19. The minimum Gasteiger partial charge on any atom is -0.467 e. The Morgan fingerprint density at radius 3 is 0.771 bits per heavy atom. The third-order valence-corrected chi connectivity index (χ3v) is 15.1. The third-order valence-electron chi connectivity index (χ3n) is 15.1. The van der Waals surface area contributed by atoms with Crippen LogP contribution in [0.3, 0.4) is 0 Å². The second kappa shape index (κ2) is 37.8. The molecule has 0 aromatic heterocycles. The molecule has 0 rings (SSSR count). The molecule has 0 fully saturated rings. The molecule has 0 bridgehead atoms. The summed E-state index contributed by atoms with van der Waals surface area (Å²) in [5.74, 6) is -11.6. The van der Waals surface area contributed by atoms with Crippen molar-refractivity contribution in [2.24, 2.45) is 41.4 Å². The van der Waals surface area contributed by atoms with E-state index in [1.54, 1.807) is 90.0 Å². The molecule has 0 aliphatic rings. The van der Waals surface area contributed by atoms with Crippen LogP contribution in [0.25, 0.3) is 0 Å². The van der Waals surface area contributed by atoms with E-state index in [0.29, 0.717) is 0 Å². The molecule has 0 aliphatic heterocycles. The zero-order chi connectivity index (χ0) is 75.3. The predicted molar refractivity (Wildman–Crippen MR) is 363 cm³/mol. The van der Waals surface area contributed by atoms with Gasteiger partial charge >= 0.3 is 12.1 Å². The summed E-state index contributed by atoms with van der Waals surface area (Å²) < 4.78 is 10.2. The van der Waals surface area contributed by atoms with E-state index < -0.39 is 177 Å². The molecule has 0 aromatic carbocycles. The summed E-state index contributed by atoms with van der Waals surface area (Å²) in [4.78, 5) is 191. The maximum absolute atomic E-state index is 14.1. The van der Waals surface area contributed by atoms with Crippen LogP contribution in [-0.2, 0) is 71.8 Å². The Labute approximate surface area is 569 Å². The molecule has 0 aliphatic carbocycles. The fourth-order valence-corrected chi connectivity index (χ4v) is 9.40. The number of methoxy groups -OCH3 is 1. The molecule has 13 N–H and O–H groups in total. The van der Waals surface area contributed by atoms with Gasteiger partial charge in [-0.2, -0.15) is 0 Å². The summed E-state index contributed by atoms with van der Waals surface area (Å²) in [5.41, 5.74) is -7.40. The molecule has 550 valence electrons. The van der Waals surface area contributed by atoms with Gasteiger partial charge in [0.1, 0.15) is 82.1 Å². The molecule has 96 heavy (non-hydrogen) atoms. The van der Waals surface area contributed by atoms with E-state index in [1.807, 2.05) is 27.7 Å². The number of amides is 13. The lowest BCUT2D eigenvalue weighted by molar-refractivity contribution is -0.147. The average Bonchev–Trinajstić information content (AvgIpc) is 0.854. The van der Waals surface area contributed by atoms with Gasteiger partial charge in [0.25, 0.3) is 0 Å². The van der Waals surface area contributed by atoms with Crippen molar-refractivity contribution in [1.29, 1.82) is 0 Å².